The number of carbonyl (C=O) groups excluding carboxylic acids is 1. The minimum absolute atomic E-state index is 0.0474. The van der Waals surface area contributed by atoms with Gasteiger partial charge < -0.3 is 10.2 Å². The largest absolute Gasteiger partial charge is 0.504 e. The van der Waals surface area contributed by atoms with E-state index in [1.165, 1.54) is 22.6 Å². The van der Waals surface area contributed by atoms with Gasteiger partial charge in [-0.05, 0) is 30.0 Å². The Bertz CT molecular complexity index is 352. The maximum Gasteiger partial charge on any atom is 0.178 e. The van der Waals surface area contributed by atoms with Crippen molar-refractivity contribution in [2.75, 3.05) is 13.6 Å². The van der Waals surface area contributed by atoms with Gasteiger partial charge in [-0.15, -0.1) is 0 Å². The highest BCUT2D eigenvalue weighted by Gasteiger charge is 2.10. The molecule has 0 aliphatic rings. The van der Waals surface area contributed by atoms with Gasteiger partial charge in [-0.1, -0.05) is 0 Å². The van der Waals surface area contributed by atoms with Crippen LogP contribution in [0, 0.1) is 0 Å². The molecule has 2 N–H and O–H groups in total. The van der Waals surface area contributed by atoms with Crippen molar-refractivity contribution in [2.45, 2.75) is 0 Å². The number of ketones is 1. The number of nitrogens with zero attached hydrogens (tertiary/aromatic N) is 1. The van der Waals surface area contributed by atoms with Crippen LogP contribution in [0.4, 0.5) is 0 Å². The van der Waals surface area contributed by atoms with Crippen molar-refractivity contribution < 1.29 is 15.0 Å². The van der Waals surface area contributed by atoms with E-state index in [9.17, 15) is 4.79 Å². The van der Waals surface area contributed by atoms with Gasteiger partial charge in [0.05, 0.1) is 6.54 Å². The Hall–Kier alpha value is -1.26. The molecule has 0 aliphatic heterocycles. The Morgan fingerprint density at radius 1 is 1.43 bits per heavy atom. The number of phenolic OH excluding ortho intramolecular Hbond substituents is 2. The molecule has 0 radical (unpaired) electrons. The summed E-state index contributed by atoms with van der Waals surface area (Å²) in [7, 11) is 1.56. The van der Waals surface area contributed by atoms with E-state index < -0.39 is 0 Å². The number of aromatic hydroxyl groups is 2. The number of benzene rings is 1. The summed E-state index contributed by atoms with van der Waals surface area (Å²) >= 11 is 5.49. The maximum atomic E-state index is 11.4. The normalized spacial score (nSPS) is 10.5. The molecule has 76 valence electrons. The molecular formula is C9H10ClNO3. The summed E-state index contributed by atoms with van der Waals surface area (Å²) in [6.45, 7) is 0.0474. The standard InChI is InChI=1S/C9H10ClNO3/c1-11(10)5-9(14)6-2-3-7(12)8(13)4-6/h2-4,12-13H,5H2,1H3. The second-order valence-electron chi connectivity index (χ2n) is 2.89. The molecule has 1 rings (SSSR count). The van der Waals surface area contributed by atoms with Crippen molar-refractivity contribution >= 4 is 17.6 Å². The van der Waals surface area contributed by atoms with Crippen LogP contribution in [0.5, 0.6) is 11.5 Å². The molecule has 1 aromatic carbocycles. The van der Waals surface area contributed by atoms with Gasteiger partial charge in [-0.3, -0.25) is 4.79 Å². The fourth-order valence-corrected chi connectivity index (χ4v) is 1.09. The van der Waals surface area contributed by atoms with Crippen molar-refractivity contribution in [1.82, 2.24) is 4.42 Å². The van der Waals surface area contributed by atoms with Crippen LogP contribution in [0.25, 0.3) is 0 Å². The molecule has 0 aliphatic carbocycles. The van der Waals surface area contributed by atoms with Crippen LogP contribution in [0.2, 0.25) is 0 Å². The minimum Gasteiger partial charge on any atom is -0.504 e. The highest BCUT2D eigenvalue weighted by molar-refractivity contribution is 6.15. The SMILES string of the molecule is CN(Cl)CC(=O)c1ccc(O)c(O)c1. The number of likely N-dealkylation sites (N-methyl/N-ethyl adjacent to an activating group) is 1. The third kappa shape index (κ3) is 2.61. The van der Waals surface area contributed by atoms with E-state index in [2.05, 4.69) is 0 Å². The fourth-order valence-electron chi connectivity index (χ4n) is 0.986. The monoisotopic (exact) mass is 215 g/mol. The Balaban J connectivity index is 2.86. The molecule has 0 unspecified atom stereocenters. The van der Waals surface area contributed by atoms with E-state index in [1.54, 1.807) is 7.05 Å². The first-order valence-corrected chi connectivity index (χ1v) is 4.26. The van der Waals surface area contributed by atoms with Gasteiger partial charge in [-0.25, -0.2) is 4.42 Å². The summed E-state index contributed by atoms with van der Waals surface area (Å²) in [6, 6.07) is 3.90. The van der Waals surface area contributed by atoms with Crippen LogP contribution < -0.4 is 0 Å². The highest BCUT2D eigenvalue weighted by Crippen LogP contribution is 2.25. The predicted octanol–water partition coefficient (Wildman–Crippen LogP) is 1.37. The number of carbonyl (C=O) groups is 1. The van der Waals surface area contributed by atoms with Gasteiger partial charge in [-0.2, -0.15) is 0 Å². The van der Waals surface area contributed by atoms with Crippen molar-refractivity contribution in [3.05, 3.63) is 23.8 Å². The van der Waals surface area contributed by atoms with Crippen LogP contribution in [0.15, 0.2) is 18.2 Å². The van der Waals surface area contributed by atoms with Crippen LogP contribution >= 0.6 is 11.8 Å². The van der Waals surface area contributed by atoms with Crippen molar-refractivity contribution in [1.29, 1.82) is 0 Å². The summed E-state index contributed by atoms with van der Waals surface area (Å²) in [5.74, 6) is -0.786. The lowest BCUT2D eigenvalue weighted by atomic mass is 10.1. The molecule has 0 saturated carbocycles. The fraction of sp³-hybridized carbons (Fsp3) is 0.222. The summed E-state index contributed by atoms with van der Waals surface area (Å²) in [5, 5.41) is 18.1. The van der Waals surface area contributed by atoms with Crippen molar-refractivity contribution in [3.8, 4) is 11.5 Å². The molecule has 0 aromatic heterocycles. The molecule has 0 heterocycles. The van der Waals surface area contributed by atoms with E-state index >= 15 is 0 Å². The maximum absolute atomic E-state index is 11.4. The smallest absolute Gasteiger partial charge is 0.178 e. The summed E-state index contributed by atoms with van der Waals surface area (Å²) in [4.78, 5) is 11.4. The summed E-state index contributed by atoms with van der Waals surface area (Å²) in [6.07, 6.45) is 0. The number of phenols is 2. The number of halogens is 1. The van der Waals surface area contributed by atoms with Gasteiger partial charge in [0, 0.05) is 12.6 Å². The lowest BCUT2D eigenvalue weighted by molar-refractivity contribution is 0.0974. The van der Waals surface area contributed by atoms with Gasteiger partial charge in [0.25, 0.3) is 0 Å². The molecule has 0 fully saturated rings. The molecule has 0 atom stereocenters. The predicted molar refractivity (Wildman–Crippen MR) is 52.6 cm³/mol. The molecule has 0 spiro atoms. The van der Waals surface area contributed by atoms with Crippen LogP contribution in [-0.2, 0) is 0 Å². The number of Topliss-reactive ketones (excluding diaryl/α,β-unsaturated/α-hetero) is 1. The van der Waals surface area contributed by atoms with E-state index in [1.807, 2.05) is 0 Å². The van der Waals surface area contributed by atoms with Gasteiger partial charge >= 0.3 is 0 Å². The van der Waals surface area contributed by atoms with Crippen LogP contribution in [0.3, 0.4) is 0 Å². The summed E-state index contributed by atoms with van der Waals surface area (Å²) < 4.78 is 1.21. The van der Waals surface area contributed by atoms with Crippen LogP contribution in [-0.4, -0.2) is 34.0 Å². The van der Waals surface area contributed by atoms with Gasteiger partial charge in [0.1, 0.15) is 0 Å². The van der Waals surface area contributed by atoms with E-state index in [-0.39, 0.29) is 23.8 Å². The molecule has 0 saturated heterocycles. The first-order valence-electron chi connectivity index (χ1n) is 3.93. The van der Waals surface area contributed by atoms with Crippen molar-refractivity contribution in [3.63, 3.8) is 0 Å². The first-order chi connectivity index (χ1) is 6.50. The highest BCUT2D eigenvalue weighted by atomic mass is 35.5. The topological polar surface area (TPSA) is 60.8 Å². The number of rotatable bonds is 3. The zero-order valence-corrected chi connectivity index (χ0v) is 8.32. The molecule has 5 heteroatoms. The van der Waals surface area contributed by atoms with Gasteiger partial charge in [0.2, 0.25) is 0 Å². The Morgan fingerprint density at radius 2 is 2.07 bits per heavy atom. The second-order valence-corrected chi connectivity index (χ2v) is 3.47. The molecule has 0 amide bonds. The average Bonchev–Trinajstić information content (AvgIpc) is 2.08. The Labute approximate surface area is 86.5 Å². The third-order valence-electron chi connectivity index (χ3n) is 1.66. The third-order valence-corrected chi connectivity index (χ3v) is 1.78. The number of hydrogen-bond donors (Lipinski definition) is 2. The average molecular weight is 216 g/mol. The Morgan fingerprint density at radius 3 is 2.57 bits per heavy atom. The molecule has 0 bridgehead atoms. The molecule has 14 heavy (non-hydrogen) atoms. The molecule has 1 aromatic rings. The zero-order valence-electron chi connectivity index (χ0n) is 7.57. The number of hydrogen-bond acceptors (Lipinski definition) is 4. The van der Waals surface area contributed by atoms with Crippen molar-refractivity contribution in [2.24, 2.45) is 0 Å². The molecular weight excluding hydrogens is 206 g/mol. The van der Waals surface area contributed by atoms with Gasteiger partial charge in [0.15, 0.2) is 17.3 Å². The lowest BCUT2D eigenvalue weighted by Gasteiger charge is -2.06. The first kappa shape index (κ1) is 10.8. The van der Waals surface area contributed by atoms with E-state index in [4.69, 9.17) is 22.0 Å². The van der Waals surface area contributed by atoms with Crippen LogP contribution in [0.1, 0.15) is 10.4 Å². The zero-order chi connectivity index (χ0) is 10.7. The summed E-state index contributed by atoms with van der Waals surface area (Å²) in [5.41, 5.74) is 0.313. The molecule has 4 nitrogen and oxygen atoms in total. The minimum atomic E-state index is -0.312. The van der Waals surface area contributed by atoms with E-state index in [0.29, 0.717) is 5.56 Å². The van der Waals surface area contributed by atoms with E-state index in [0.717, 1.165) is 0 Å². The lowest BCUT2D eigenvalue weighted by Crippen LogP contribution is -2.17. The second kappa shape index (κ2) is 4.30. The Kier molecular flexibility index (Phi) is 3.33. The quantitative estimate of drug-likeness (QED) is 0.454.